The summed E-state index contributed by atoms with van der Waals surface area (Å²) in [5.74, 6) is -1.01. The Kier molecular flexibility index (Phi) is 2.81. The van der Waals surface area contributed by atoms with E-state index in [4.69, 9.17) is 10.8 Å². The van der Waals surface area contributed by atoms with Crippen LogP contribution in [0.15, 0.2) is 0 Å². The second kappa shape index (κ2) is 3.67. The highest BCUT2D eigenvalue weighted by atomic mass is 16.4. The number of carbonyl (C=O) groups excluding carboxylic acids is 1. The molecule has 1 saturated carbocycles. The zero-order chi connectivity index (χ0) is 9.14. The number of hydrogen-bond acceptors (Lipinski definition) is 3. The molecule has 0 radical (unpaired) electrons. The summed E-state index contributed by atoms with van der Waals surface area (Å²) in [7, 11) is 0. The molecule has 1 aliphatic rings. The van der Waals surface area contributed by atoms with Crippen molar-refractivity contribution in [1.82, 2.24) is 0 Å². The first kappa shape index (κ1) is 9.19. The number of ketones is 1. The molecule has 1 aliphatic carbocycles. The Labute approximate surface area is 70.7 Å². The molecule has 3 N–H and O–H groups in total. The summed E-state index contributed by atoms with van der Waals surface area (Å²) in [6, 6.07) is -0.866. The first-order chi connectivity index (χ1) is 5.61. The van der Waals surface area contributed by atoms with Gasteiger partial charge < -0.3 is 10.8 Å². The Morgan fingerprint density at radius 2 is 2.33 bits per heavy atom. The fourth-order valence-corrected chi connectivity index (χ4v) is 1.57. The lowest BCUT2D eigenvalue weighted by Gasteiger charge is -2.23. The quantitative estimate of drug-likeness (QED) is 0.620. The largest absolute Gasteiger partial charge is 0.480 e. The van der Waals surface area contributed by atoms with Crippen molar-refractivity contribution >= 4 is 11.8 Å². The molecular weight excluding hydrogens is 158 g/mol. The van der Waals surface area contributed by atoms with Crippen molar-refractivity contribution in [3.05, 3.63) is 0 Å². The first-order valence-electron chi connectivity index (χ1n) is 4.11. The van der Waals surface area contributed by atoms with E-state index < -0.39 is 12.0 Å². The summed E-state index contributed by atoms with van der Waals surface area (Å²) < 4.78 is 0. The number of carboxylic acids is 1. The normalized spacial score (nSPS) is 26.8. The Morgan fingerprint density at radius 1 is 1.67 bits per heavy atom. The SMILES string of the molecule is N[C@H](C(=O)O)[C@@H]1CCCC(=O)C1. The van der Waals surface area contributed by atoms with Crippen molar-refractivity contribution in [2.24, 2.45) is 11.7 Å². The molecule has 0 spiro atoms. The molecule has 2 atom stereocenters. The fraction of sp³-hybridized carbons (Fsp3) is 0.750. The summed E-state index contributed by atoms with van der Waals surface area (Å²) in [6.07, 6.45) is 2.47. The lowest BCUT2D eigenvalue weighted by atomic mass is 9.83. The van der Waals surface area contributed by atoms with Crippen molar-refractivity contribution in [3.8, 4) is 0 Å². The highest BCUT2D eigenvalue weighted by Crippen LogP contribution is 2.23. The van der Waals surface area contributed by atoms with Gasteiger partial charge in [-0.3, -0.25) is 9.59 Å². The Morgan fingerprint density at radius 3 is 2.83 bits per heavy atom. The van der Waals surface area contributed by atoms with Gasteiger partial charge in [0.25, 0.3) is 0 Å². The standard InChI is InChI=1S/C8H13NO3/c9-7(8(11)12)5-2-1-3-6(10)4-5/h5,7H,1-4,9H2,(H,11,12)/t5-,7+/m1/s1. The van der Waals surface area contributed by atoms with E-state index in [0.717, 1.165) is 12.8 Å². The number of aliphatic carboxylic acids is 1. The Hall–Kier alpha value is -0.900. The van der Waals surface area contributed by atoms with Crippen LogP contribution in [0.1, 0.15) is 25.7 Å². The van der Waals surface area contributed by atoms with E-state index in [1.165, 1.54) is 0 Å². The monoisotopic (exact) mass is 171 g/mol. The third-order valence-electron chi connectivity index (χ3n) is 2.31. The van der Waals surface area contributed by atoms with Gasteiger partial charge in [-0.1, -0.05) is 0 Å². The maximum absolute atomic E-state index is 11.0. The molecule has 0 aromatic rings. The van der Waals surface area contributed by atoms with Crippen LogP contribution in [0.4, 0.5) is 0 Å². The molecule has 4 heteroatoms. The molecule has 1 fully saturated rings. The van der Waals surface area contributed by atoms with E-state index in [9.17, 15) is 9.59 Å². The maximum Gasteiger partial charge on any atom is 0.320 e. The number of carbonyl (C=O) groups is 2. The maximum atomic E-state index is 11.0. The van der Waals surface area contributed by atoms with Crippen molar-refractivity contribution in [3.63, 3.8) is 0 Å². The second-order valence-electron chi connectivity index (χ2n) is 3.26. The molecule has 0 bridgehead atoms. The van der Waals surface area contributed by atoms with Crippen LogP contribution in [0.3, 0.4) is 0 Å². The van der Waals surface area contributed by atoms with Gasteiger partial charge in [0.15, 0.2) is 0 Å². The molecule has 68 valence electrons. The number of nitrogens with two attached hydrogens (primary N) is 1. The predicted molar refractivity (Wildman–Crippen MR) is 42.6 cm³/mol. The van der Waals surface area contributed by atoms with Crippen LogP contribution in [-0.4, -0.2) is 22.9 Å². The molecule has 0 saturated heterocycles. The van der Waals surface area contributed by atoms with E-state index >= 15 is 0 Å². The third-order valence-corrected chi connectivity index (χ3v) is 2.31. The Balaban J connectivity index is 2.51. The van der Waals surface area contributed by atoms with Gasteiger partial charge in [0, 0.05) is 12.8 Å². The van der Waals surface area contributed by atoms with E-state index in [1.807, 2.05) is 0 Å². The topological polar surface area (TPSA) is 80.4 Å². The smallest absolute Gasteiger partial charge is 0.320 e. The molecule has 0 heterocycles. The summed E-state index contributed by atoms with van der Waals surface area (Å²) in [4.78, 5) is 21.4. The molecular formula is C8H13NO3. The number of hydrogen-bond donors (Lipinski definition) is 2. The average Bonchev–Trinajstić information content (AvgIpc) is 2.03. The van der Waals surface area contributed by atoms with E-state index in [2.05, 4.69) is 0 Å². The molecule has 12 heavy (non-hydrogen) atoms. The van der Waals surface area contributed by atoms with E-state index in [1.54, 1.807) is 0 Å². The van der Waals surface area contributed by atoms with Crippen LogP contribution in [0.5, 0.6) is 0 Å². The third kappa shape index (κ3) is 2.04. The second-order valence-corrected chi connectivity index (χ2v) is 3.26. The minimum absolute atomic E-state index is 0.142. The highest BCUT2D eigenvalue weighted by Gasteiger charge is 2.28. The fourth-order valence-electron chi connectivity index (χ4n) is 1.57. The van der Waals surface area contributed by atoms with E-state index in [0.29, 0.717) is 12.8 Å². The van der Waals surface area contributed by atoms with Gasteiger partial charge in [0.1, 0.15) is 11.8 Å². The van der Waals surface area contributed by atoms with Crippen molar-refractivity contribution in [2.45, 2.75) is 31.7 Å². The lowest BCUT2D eigenvalue weighted by Crippen LogP contribution is -2.40. The van der Waals surface area contributed by atoms with E-state index in [-0.39, 0.29) is 11.7 Å². The van der Waals surface area contributed by atoms with Crippen molar-refractivity contribution in [2.75, 3.05) is 0 Å². The number of carboxylic acid groups (broad SMARTS) is 1. The van der Waals surface area contributed by atoms with Gasteiger partial charge in [-0.25, -0.2) is 0 Å². The van der Waals surface area contributed by atoms with Crippen LogP contribution >= 0.6 is 0 Å². The summed E-state index contributed by atoms with van der Waals surface area (Å²) in [6.45, 7) is 0. The first-order valence-corrected chi connectivity index (χ1v) is 4.11. The average molecular weight is 171 g/mol. The van der Waals surface area contributed by atoms with Crippen LogP contribution in [0.25, 0.3) is 0 Å². The Bertz CT molecular complexity index is 200. The van der Waals surface area contributed by atoms with Gasteiger partial charge in [-0.2, -0.15) is 0 Å². The summed E-state index contributed by atoms with van der Waals surface area (Å²) >= 11 is 0. The molecule has 0 aromatic carbocycles. The molecule has 0 aliphatic heterocycles. The highest BCUT2D eigenvalue weighted by molar-refractivity contribution is 5.81. The zero-order valence-electron chi connectivity index (χ0n) is 6.82. The van der Waals surface area contributed by atoms with Gasteiger partial charge in [-0.15, -0.1) is 0 Å². The van der Waals surface area contributed by atoms with Crippen molar-refractivity contribution in [1.29, 1.82) is 0 Å². The van der Waals surface area contributed by atoms with Crippen LogP contribution in [-0.2, 0) is 9.59 Å². The minimum atomic E-state index is -1.00. The summed E-state index contributed by atoms with van der Waals surface area (Å²) in [5.41, 5.74) is 5.40. The van der Waals surface area contributed by atoms with Gasteiger partial charge in [-0.05, 0) is 18.8 Å². The molecule has 0 unspecified atom stereocenters. The summed E-state index contributed by atoms with van der Waals surface area (Å²) in [5, 5.41) is 8.58. The molecule has 4 nitrogen and oxygen atoms in total. The number of rotatable bonds is 2. The molecule has 1 rings (SSSR count). The van der Waals surface area contributed by atoms with Crippen LogP contribution in [0.2, 0.25) is 0 Å². The zero-order valence-corrected chi connectivity index (χ0v) is 6.82. The number of Topliss-reactive ketones (excluding diaryl/α,β-unsaturated/α-hetero) is 1. The molecule has 0 amide bonds. The van der Waals surface area contributed by atoms with Gasteiger partial charge in [0.2, 0.25) is 0 Å². The van der Waals surface area contributed by atoms with Gasteiger partial charge in [0.05, 0.1) is 0 Å². The van der Waals surface area contributed by atoms with Gasteiger partial charge >= 0.3 is 5.97 Å². The van der Waals surface area contributed by atoms with Crippen molar-refractivity contribution < 1.29 is 14.7 Å². The molecule has 0 aromatic heterocycles. The lowest BCUT2D eigenvalue weighted by molar-refractivity contribution is -0.140. The predicted octanol–water partition coefficient (Wildman–Crippen LogP) is 0.158. The van der Waals surface area contributed by atoms with Crippen LogP contribution in [0, 0.1) is 5.92 Å². The van der Waals surface area contributed by atoms with Crippen LogP contribution < -0.4 is 5.73 Å². The minimum Gasteiger partial charge on any atom is -0.480 e.